The maximum absolute atomic E-state index is 12.5. The van der Waals surface area contributed by atoms with Gasteiger partial charge in [-0.2, -0.15) is 0 Å². The number of nitrogens with two attached hydrogens (primary N) is 1. The summed E-state index contributed by atoms with van der Waals surface area (Å²) in [6.07, 6.45) is 0. The molecular formula is C17H21N5O4S. The van der Waals surface area contributed by atoms with Crippen LogP contribution in [0.1, 0.15) is 10.4 Å². The van der Waals surface area contributed by atoms with Crippen LogP contribution in [-0.4, -0.2) is 45.6 Å². The highest BCUT2D eigenvalue weighted by atomic mass is 32.2. The molecule has 27 heavy (non-hydrogen) atoms. The second kappa shape index (κ2) is 7.82. The molecule has 0 spiro atoms. The molecule has 9 nitrogen and oxygen atoms in total. The van der Waals surface area contributed by atoms with Gasteiger partial charge in [-0.3, -0.25) is 10.2 Å². The summed E-state index contributed by atoms with van der Waals surface area (Å²) in [7, 11) is -3.98. The van der Waals surface area contributed by atoms with E-state index in [9.17, 15) is 18.3 Å². The summed E-state index contributed by atoms with van der Waals surface area (Å²) >= 11 is 0. The SMILES string of the molecule is Nc1ccc(S(=O)(=O)NNC(=O)c2ccc(O)cc2)cc1N1CCNCC1. The minimum absolute atomic E-state index is 0.00348. The molecule has 0 aromatic heterocycles. The number of rotatable bonds is 5. The van der Waals surface area contributed by atoms with Crippen LogP contribution >= 0.6 is 0 Å². The molecule has 0 atom stereocenters. The fraction of sp³-hybridized carbons (Fsp3) is 0.235. The quantitative estimate of drug-likeness (QED) is 0.358. The van der Waals surface area contributed by atoms with Crippen molar-refractivity contribution in [1.82, 2.24) is 15.6 Å². The van der Waals surface area contributed by atoms with Crippen molar-refractivity contribution in [3.63, 3.8) is 0 Å². The Labute approximate surface area is 157 Å². The van der Waals surface area contributed by atoms with Crippen LogP contribution in [0.5, 0.6) is 5.75 Å². The van der Waals surface area contributed by atoms with Crippen molar-refractivity contribution in [1.29, 1.82) is 0 Å². The van der Waals surface area contributed by atoms with Crippen LogP contribution in [0.4, 0.5) is 11.4 Å². The first-order chi connectivity index (χ1) is 12.9. The van der Waals surface area contributed by atoms with Crippen LogP contribution in [0.2, 0.25) is 0 Å². The first-order valence-corrected chi connectivity index (χ1v) is 9.81. The minimum Gasteiger partial charge on any atom is -0.508 e. The number of phenolic OH excluding ortho intramolecular Hbond substituents is 1. The van der Waals surface area contributed by atoms with Gasteiger partial charge < -0.3 is 21.1 Å². The van der Waals surface area contributed by atoms with E-state index in [1.807, 2.05) is 4.90 Å². The number of piperazine rings is 1. The fourth-order valence-corrected chi connectivity index (χ4v) is 3.59. The average Bonchev–Trinajstić information content (AvgIpc) is 2.67. The Morgan fingerprint density at radius 2 is 1.78 bits per heavy atom. The van der Waals surface area contributed by atoms with E-state index >= 15 is 0 Å². The van der Waals surface area contributed by atoms with Crippen LogP contribution < -0.4 is 26.2 Å². The smallest absolute Gasteiger partial charge is 0.266 e. The van der Waals surface area contributed by atoms with Gasteiger partial charge in [0, 0.05) is 31.7 Å². The Bertz CT molecular complexity index is 925. The molecule has 0 unspecified atom stereocenters. The second-order valence-corrected chi connectivity index (χ2v) is 7.75. The summed E-state index contributed by atoms with van der Waals surface area (Å²) < 4.78 is 25.1. The number of nitrogens with one attached hydrogen (secondary N) is 3. The predicted molar refractivity (Wildman–Crippen MR) is 102 cm³/mol. The summed E-state index contributed by atoms with van der Waals surface area (Å²) in [6, 6.07) is 9.85. The van der Waals surface area contributed by atoms with Gasteiger partial charge >= 0.3 is 0 Å². The van der Waals surface area contributed by atoms with Crippen molar-refractivity contribution in [2.24, 2.45) is 0 Å². The molecule has 2 aromatic carbocycles. The van der Waals surface area contributed by atoms with Crippen molar-refractivity contribution < 1.29 is 18.3 Å². The number of benzene rings is 2. The topological polar surface area (TPSA) is 137 Å². The molecule has 2 aromatic rings. The number of phenols is 1. The maximum atomic E-state index is 12.5. The summed E-state index contributed by atoms with van der Waals surface area (Å²) in [6.45, 7) is 3.02. The number of carbonyl (C=O) groups is 1. The van der Waals surface area contributed by atoms with Crippen LogP contribution in [0.3, 0.4) is 0 Å². The Morgan fingerprint density at radius 1 is 1.11 bits per heavy atom. The zero-order valence-corrected chi connectivity index (χ0v) is 15.3. The van der Waals surface area contributed by atoms with Crippen molar-refractivity contribution >= 4 is 27.3 Å². The van der Waals surface area contributed by atoms with Gasteiger partial charge in [-0.1, -0.05) is 0 Å². The number of nitrogen functional groups attached to an aromatic ring is 1. The second-order valence-electron chi connectivity index (χ2n) is 6.06. The highest BCUT2D eigenvalue weighted by molar-refractivity contribution is 7.89. The van der Waals surface area contributed by atoms with Crippen LogP contribution in [0, 0.1) is 0 Å². The highest BCUT2D eigenvalue weighted by Gasteiger charge is 2.20. The summed E-state index contributed by atoms with van der Waals surface area (Å²) in [5, 5.41) is 12.5. The third-order valence-electron chi connectivity index (χ3n) is 4.20. The Morgan fingerprint density at radius 3 is 2.44 bits per heavy atom. The van der Waals surface area contributed by atoms with Crippen LogP contribution in [0.25, 0.3) is 0 Å². The minimum atomic E-state index is -3.98. The number of anilines is 2. The average molecular weight is 391 g/mol. The Balaban J connectivity index is 1.74. The standard InChI is InChI=1S/C17H21N5O4S/c18-15-6-5-14(11-16(15)22-9-7-19-8-10-22)27(25,26)21-20-17(24)12-1-3-13(23)4-2-12/h1-6,11,19,21,23H,7-10,18H2,(H,20,24). The van der Waals surface area contributed by atoms with E-state index in [2.05, 4.69) is 15.6 Å². The number of carbonyl (C=O) groups excluding carboxylic acids is 1. The van der Waals surface area contributed by atoms with E-state index in [1.165, 1.54) is 42.5 Å². The molecule has 6 N–H and O–H groups in total. The Kier molecular flexibility index (Phi) is 5.49. The molecule has 0 saturated carbocycles. The molecule has 1 fully saturated rings. The third kappa shape index (κ3) is 4.48. The fourth-order valence-electron chi connectivity index (χ4n) is 2.73. The van der Waals surface area contributed by atoms with Gasteiger partial charge in [0.15, 0.2) is 0 Å². The zero-order chi connectivity index (χ0) is 19.4. The van der Waals surface area contributed by atoms with E-state index in [4.69, 9.17) is 5.73 Å². The van der Waals surface area contributed by atoms with Crippen LogP contribution in [-0.2, 0) is 10.0 Å². The van der Waals surface area contributed by atoms with Gasteiger partial charge in [0.05, 0.1) is 16.3 Å². The number of nitrogens with zero attached hydrogens (tertiary/aromatic N) is 1. The number of hydrogen-bond donors (Lipinski definition) is 5. The van der Waals surface area contributed by atoms with Crippen molar-refractivity contribution in [2.45, 2.75) is 4.90 Å². The lowest BCUT2D eigenvalue weighted by Crippen LogP contribution is -2.44. The number of aromatic hydroxyl groups is 1. The molecule has 0 bridgehead atoms. The van der Waals surface area contributed by atoms with E-state index in [1.54, 1.807) is 0 Å². The van der Waals surface area contributed by atoms with Crippen LogP contribution in [0.15, 0.2) is 47.4 Å². The molecule has 1 heterocycles. The molecule has 1 aliphatic rings. The summed E-state index contributed by atoms with van der Waals surface area (Å²) in [5.41, 5.74) is 9.50. The van der Waals surface area contributed by atoms with Gasteiger partial charge in [-0.05, 0) is 42.5 Å². The zero-order valence-electron chi connectivity index (χ0n) is 14.5. The van der Waals surface area contributed by atoms with Gasteiger partial charge in [0.25, 0.3) is 15.9 Å². The van der Waals surface area contributed by atoms with Crippen molar-refractivity contribution in [3.8, 4) is 5.75 Å². The maximum Gasteiger partial charge on any atom is 0.266 e. The molecule has 0 radical (unpaired) electrons. The molecular weight excluding hydrogens is 370 g/mol. The Hall–Kier alpha value is -2.82. The monoisotopic (exact) mass is 391 g/mol. The number of amides is 1. The van der Waals surface area contributed by atoms with E-state index < -0.39 is 15.9 Å². The summed E-state index contributed by atoms with van der Waals surface area (Å²) in [5.74, 6) is -0.634. The lowest BCUT2D eigenvalue weighted by molar-refractivity contribution is 0.0945. The molecule has 1 aliphatic heterocycles. The first kappa shape index (κ1) is 19.0. The van der Waals surface area contributed by atoms with E-state index in [-0.39, 0.29) is 16.2 Å². The number of sulfonamides is 1. The molecule has 1 amide bonds. The molecule has 3 rings (SSSR count). The normalized spacial score (nSPS) is 14.7. The molecule has 1 saturated heterocycles. The first-order valence-electron chi connectivity index (χ1n) is 8.33. The van der Waals surface area contributed by atoms with Gasteiger partial charge in [0.2, 0.25) is 0 Å². The third-order valence-corrected chi connectivity index (χ3v) is 5.44. The number of hydrogen-bond acceptors (Lipinski definition) is 7. The molecule has 10 heteroatoms. The number of hydrazine groups is 1. The lowest BCUT2D eigenvalue weighted by atomic mass is 10.2. The lowest BCUT2D eigenvalue weighted by Gasteiger charge is -2.30. The molecule has 144 valence electrons. The van der Waals surface area contributed by atoms with E-state index in [0.29, 0.717) is 11.4 Å². The van der Waals surface area contributed by atoms with Crippen molar-refractivity contribution in [2.75, 3.05) is 36.8 Å². The van der Waals surface area contributed by atoms with Crippen molar-refractivity contribution in [3.05, 3.63) is 48.0 Å². The predicted octanol–water partition coefficient (Wildman–Crippen LogP) is 0.00730. The molecule has 0 aliphatic carbocycles. The highest BCUT2D eigenvalue weighted by Crippen LogP contribution is 2.26. The van der Waals surface area contributed by atoms with E-state index in [0.717, 1.165) is 26.2 Å². The van der Waals surface area contributed by atoms with Gasteiger partial charge in [0.1, 0.15) is 5.75 Å². The van der Waals surface area contributed by atoms with Gasteiger partial charge in [-0.15, -0.1) is 4.83 Å². The largest absolute Gasteiger partial charge is 0.508 e. The van der Waals surface area contributed by atoms with Gasteiger partial charge in [-0.25, -0.2) is 8.42 Å². The summed E-state index contributed by atoms with van der Waals surface area (Å²) in [4.78, 5) is 16.1.